The van der Waals surface area contributed by atoms with Gasteiger partial charge in [0.2, 0.25) is 10.0 Å². The van der Waals surface area contributed by atoms with Crippen LogP contribution in [0, 0.1) is 0 Å². The lowest BCUT2D eigenvalue weighted by Crippen LogP contribution is -2.48. The first kappa shape index (κ1) is 22.1. The summed E-state index contributed by atoms with van der Waals surface area (Å²) < 4.78 is 27.7. The van der Waals surface area contributed by atoms with Gasteiger partial charge in [0.05, 0.1) is 17.1 Å². The maximum atomic E-state index is 13.1. The second-order valence-corrected chi connectivity index (χ2v) is 11.8. The minimum absolute atomic E-state index is 0.00409. The molecular weight excluding hydrogens is 426 g/mol. The zero-order valence-corrected chi connectivity index (χ0v) is 19.9. The molecule has 0 atom stereocenters. The second kappa shape index (κ2) is 8.82. The Labute approximate surface area is 189 Å². The quantitative estimate of drug-likeness (QED) is 0.564. The van der Waals surface area contributed by atoms with Crippen molar-refractivity contribution in [1.29, 1.82) is 0 Å². The molecule has 5 nitrogen and oxygen atoms in total. The number of thiazole rings is 1. The molecule has 7 heteroatoms. The van der Waals surface area contributed by atoms with E-state index in [0.717, 1.165) is 28.4 Å². The minimum atomic E-state index is -3.46. The fourth-order valence-electron chi connectivity index (χ4n) is 3.72. The van der Waals surface area contributed by atoms with E-state index in [2.05, 4.69) is 43.2 Å². The maximum absolute atomic E-state index is 13.1. The number of nitrogens with zero attached hydrogens (tertiary/aromatic N) is 3. The average Bonchev–Trinajstić information content (AvgIpc) is 3.23. The molecular formula is C24H29N3O2S2. The summed E-state index contributed by atoms with van der Waals surface area (Å²) in [5.74, 6) is 0. The fraction of sp³-hybridized carbons (Fsp3) is 0.375. The number of hydrogen-bond donors (Lipinski definition) is 0. The zero-order valence-electron chi connectivity index (χ0n) is 18.3. The predicted molar refractivity (Wildman–Crippen MR) is 127 cm³/mol. The van der Waals surface area contributed by atoms with E-state index in [4.69, 9.17) is 4.98 Å². The van der Waals surface area contributed by atoms with Crippen LogP contribution in [0.3, 0.4) is 0 Å². The van der Waals surface area contributed by atoms with Gasteiger partial charge in [-0.3, -0.25) is 4.90 Å². The van der Waals surface area contributed by atoms with Crippen molar-refractivity contribution in [2.24, 2.45) is 0 Å². The molecule has 2 aromatic carbocycles. The third kappa shape index (κ3) is 5.06. The van der Waals surface area contributed by atoms with Crippen LogP contribution in [0.1, 0.15) is 31.3 Å². The molecule has 0 unspecified atom stereocenters. The van der Waals surface area contributed by atoms with Crippen molar-refractivity contribution in [1.82, 2.24) is 14.2 Å². The Bertz CT molecular complexity index is 1110. The first-order valence-corrected chi connectivity index (χ1v) is 12.9. The highest BCUT2D eigenvalue weighted by molar-refractivity contribution is 7.89. The molecule has 0 aliphatic carbocycles. The van der Waals surface area contributed by atoms with Crippen LogP contribution < -0.4 is 0 Å². The van der Waals surface area contributed by atoms with E-state index in [0.29, 0.717) is 31.1 Å². The Balaban J connectivity index is 1.37. The van der Waals surface area contributed by atoms with Crippen molar-refractivity contribution in [3.8, 4) is 11.3 Å². The molecule has 0 amide bonds. The summed E-state index contributed by atoms with van der Waals surface area (Å²) in [6, 6.07) is 17.5. The number of sulfonamides is 1. The number of rotatable bonds is 5. The molecule has 31 heavy (non-hydrogen) atoms. The van der Waals surface area contributed by atoms with E-state index in [1.807, 2.05) is 30.3 Å². The van der Waals surface area contributed by atoms with E-state index in [1.165, 1.54) is 0 Å². The number of benzene rings is 2. The number of piperazine rings is 1. The topological polar surface area (TPSA) is 53.5 Å². The lowest BCUT2D eigenvalue weighted by atomic mass is 9.87. The molecule has 3 aromatic rings. The molecule has 0 radical (unpaired) electrons. The highest BCUT2D eigenvalue weighted by atomic mass is 32.2. The van der Waals surface area contributed by atoms with Crippen LogP contribution in [0.4, 0.5) is 0 Å². The first-order valence-electron chi connectivity index (χ1n) is 10.6. The number of hydrogen-bond acceptors (Lipinski definition) is 5. The first-order chi connectivity index (χ1) is 14.7. The summed E-state index contributed by atoms with van der Waals surface area (Å²) in [5, 5.41) is 3.15. The molecule has 0 saturated carbocycles. The molecule has 2 heterocycles. The summed E-state index contributed by atoms with van der Waals surface area (Å²) in [6.45, 7) is 9.55. The Morgan fingerprint density at radius 1 is 0.935 bits per heavy atom. The molecule has 0 N–H and O–H groups in total. The monoisotopic (exact) mass is 455 g/mol. The summed E-state index contributed by atoms with van der Waals surface area (Å²) in [5.41, 5.74) is 3.26. The average molecular weight is 456 g/mol. The lowest BCUT2D eigenvalue weighted by molar-refractivity contribution is 0.181. The molecule has 1 aliphatic rings. The molecule has 1 aliphatic heterocycles. The molecule has 1 saturated heterocycles. The van der Waals surface area contributed by atoms with Gasteiger partial charge >= 0.3 is 0 Å². The maximum Gasteiger partial charge on any atom is 0.243 e. The number of aromatic nitrogens is 1. The summed E-state index contributed by atoms with van der Waals surface area (Å²) in [6.07, 6.45) is 0. The SMILES string of the molecule is CC(C)(C)c1ccc(S(=O)(=O)N2CCN(Cc3nc(-c4ccccc4)cs3)CC2)cc1. The third-order valence-corrected chi connectivity index (χ3v) is 8.42. The van der Waals surface area contributed by atoms with Gasteiger partial charge in [-0.15, -0.1) is 11.3 Å². The van der Waals surface area contributed by atoms with Crippen molar-refractivity contribution >= 4 is 21.4 Å². The molecule has 164 valence electrons. The van der Waals surface area contributed by atoms with Gasteiger partial charge in [-0.2, -0.15) is 4.31 Å². The van der Waals surface area contributed by atoms with E-state index in [1.54, 1.807) is 27.8 Å². The molecule has 1 fully saturated rings. The molecule has 0 bridgehead atoms. The molecule has 0 spiro atoms. The van der Waals surface area contributed by atoms with Gasteiger partial charge in [-0.25, -0.2) is 13.4 Å². The summed E-state index contributed by atoms with van der Waals surface area (Å²) in [4.78, 5) is 7.42. The smallest absolute Gasteiger partial charge is 0.243 e. The second-order valence-electron chi connectivity index (χ2n) is 8.95. The van der Waals surface area contributed by atoms with Crippen LogP contribution in [-0.4, -0.2) is 48.8 Å². The lowest BCUT2D eigenvalue weighted by Gasteiger charge is -2.33. The van der Waals surface area contributed by atoms with E-state index in [-0.39, 0.29) is 5.41 Å². The van der Waals surface area contributed by atoms with Gasteiger partial charge in [0, 0.05) is 37.1 Å². The summed E-state index contributed by atoms with van der Waals surface area (Å²) in [7, 11) is -3.46. The third-order valence-electron chi connectivity index (χ3n) is 5.67. The van der Waals surface area contributed by atoms with Crippen molar-refractivity contribution in [2.75, 3.05) is 26.2 Å². The van der Waals surface area contributed by atoms with Gasteiger partial charge in [-0.1, -0.05) is 63.2 Å². The van der Waals surface area contributed by atoms with Crippen molar-refractivity contribution in [3.63, 3.8) is 0 Å². The minimum Gasteiger partial charge on any atom is -0.294 e. The molecule has 4 rings (SSSR count). The standard InChI is InChI=1S/C24H29N3O2S2/c1-24(2,3)20-9-11-21(12-10-20)31(28,29)27-15-13-26(14-16-27)17-23-25-22(18-30-23)19-7-5-4-6-8-19/h4-12,18H,13-17H2,1-3H3. The Hall–Kier alpha value is -2.06. The predicted octanol–water partition coefficient (Wildman–Crippen LogP) is 4.61. The van der Waals surface area contributed by atoms with Crippen LogP contribution in [0.25, 0.3) is 11.3 Å². The van der Waals surface area contributed by atoms with Crippen LogP contribution in [-0.2, 0) is 22.0 Å². The van der Waals surface area contributed by atoms with Gasteiger partial charge < -0.3 is 0 Å². The van der Waals surface area contributed by atoms with Crippen molar-refractivity contribution < 1.29 is 8.42 Å². The Morgan fingerprint density at radius 2 is 1.58 bits per heavy atom. The van der Waals surface area contributed by atoms with Gasteiger partial charge in [0.15, 0.2) is 0 Å². The largest absolute Gasteiger partial charge is 0.294 e. The molecule has 1 aromatic heterocycles. The highest BCUT2D eigenvalue weighted by Crippen LogP contribution is 2.26. The van der Waals surface area contributed by atoms with Crippen molar-refractivity contribution in [2.45, 2.75) is 37.6 Å². The summed E-state index contributed by atoms with van der Waals surface area (Å²) >= 11 is 1.66. The Kier molecular flexibility index (Phi) is 6.30. The van der Waals surface area contributed by atoms with Gasteiger partial charge in [0.25, 0.3) is 0 Å². The van der Waals surface area contributed by atoms with Gasteiger partial charge in [-0.05, 0) is 23.1 Å². The van der Waals surface area contributed by atoms with Gasteiger partial charge in [0.1, 0.15) is 5.01 Å². The van der Waals surface area contributed by atoms with Crippen LogP contribution in [0.15, 0.2) is 64.9 Å². The van der Waals surface area contributed by atoms with E-state index in [9.17, 15) is 8.42 Å². The van der Waals surface area contributed by atoms with E-state index < -0.39 is 10.0 Å². The van der Waals surface area contributed by atoms with Crippen molar-refractivity contribution in [3.05, 3.63) is 70.5 Å². The van der Waals surface area contributed by atoms with Crippen LogP contribution >= 0.6 is 11.3 Å². The highest BCUT2D eigenvalue weighted by Gasteiger charge is 2.29. The van der Waals surface area contributed by atoms with E-state index >= 15 is 0 Å². The zero-order chi connectivity index (χ0) is 22.1. The fourth-order valence-corrected chi connectivity index (χ4v) is 5.99. The normalized spacial score (nSPS) is 16.5. The van der Waals surface area contributed by atoms with Crippen LogP contribution in [0.2, 0.25) is 0 Å². The Morgan fingerprint density at radius 3 is 2.19 bits per heavy atom. The van der Waals surface area contributed by atoms with Crippen LogP contribution in [0.5, 0.6) is 0 Å².